The molecule has 0 bridgehead atoms. The van der Waals surface area contributed by atoms with Gasteiger partial charge < -0.3 is 20.4 Å². The van der Waals surface area contributed by atoms with Gasteiger partial charge in [-0.25, -0.2) is 9.59 Å². The highest BCUT2D eigenvalue weighted by atomic mass is 16.4. The van der Waals surface area contributed by atoms with Crippen molar-refractivity contribution in [3.05, 3.63) is 70.8 Å². The fraction of sp³-hybridized carbons (Fsp3) is 0.0833. The number of aromatic carboxylic acids is 2. The number of phenols is 2. The molecule has 0 fully saturated rings. The first-order chi connectivity index (χ1) is 14.2. The van der Waals surface area contributed by atoms with Crippen molar-refractivity contribution >= 4 is 33.5 Å². The normalized spacial score (nSPS) is 11.1. The predicted octanol–water partition coefficient (Wildman–Crippen LogP) is 5.08. The van der Waals surface area contributed by atoms with Gasteiger partial charge in [0.15, 0.2) is 0 Å². The lowest BCUT2D eigenvalue weighted by atomic mass is 9.88. The van der Waals surface area contributed by atoms with E-state index in [1.165, 1.54) is 12.1 Å². The first-order valence-corrected chi connectivity index (χ1v) is 9.18. The van der Waals surface area contributed by atoms with E-state index in [1.54, 1.807) is 36.4 Å². The summed E-state index contributed by atoms with van der Waals surface area (Å²) in [6.07, 6.45) is 0. The molecule has 0 atom stereocenters. The van der Waals surface area contributed by atoms with Gasteiger partial charge in [0.05, 0.1) is 0 Å². The lowest BCUT2D eigenvalue weighted by Gasteiger charge is -2.17. The van der Waals surface area contributed by atoms with Gasteiger partial charge in [0.1, 0.15) is 22.6 Å². The number of aryl methyl sites for hydroxylation is 2. The minimum atomic E-state index is -1.33. The molecule has 0 radical (unpaired) electrons. The van der Waals surface area contributed by atoms with Crippen LogP contribution in [0.25, 0.3) is 32.7 Å². The molecule has 30 heavy (non-hydrogen) atoms. The number of aromatic hydroxyl groups is 2. The van der Waals surface area contributed by atoms with Crippen LogP contribution in [0, 0.1) is 13.8 Å². The van der Waals surface area contributed by atoms with Gasteiger partial charge in [0.25, 0.3) is 0 Å². The minimum absolute atomic E-state index is 0.0827. The number of carboxylic acids is 2. The van der Waals surface area contributed by atoms with Crippen LogP contribution in [0.1, 0.15) is 31.8 Å². The number of hydrogen-bond donors (Lipinski definition) is 4. The molecule has 0 unspecified atom stereocenters. The maximum atomic E-state index is 11.8. The largest absolute Gasteiger partial charge is 0.506 e. The van der Waals surface area contributed by atoms with Crippen molar-refractivity contribution in [2.75, 3.05) is 0 Å². The summed E-state index contributed by atoms with van der Waals surface area (Å²) in [5.74, 6) is -3.71. The molecule has 4 aromatic rings. The molecule has 4 aromatic carbocycles. The van der Waals surface area contributed by atoms with Crippen LogP contribution in [0.2, 0.25) is 0 Å². The van der Waals surface area contributed by atoms with Crippen molar-refractivity contribution < 1.29 is 30.0 Å². The number of hydrogen-bond acceptors (Lipinski definition) is 4. The Morgan fingerprint density at radius 3 is 1.33 bits per heavy atom. The van der Waals surface area contributed by atoms with Gasteiger partial charge in [-0.3, -0.25) is 0 Å². The summed E-state index contributed by atoms with van der Waals surface area (Å²) >= 11 is 0. The maximum Gasteiger partial charge on any atom is 0.339 e. The molecule has 0 spiro atoms. The maximum absolute atomic E-state index is 11.8. The molecule has 4 N–H and O–H groups in total. The summed E-state index contributed by atoms with van der Waals surface area (Å²) in [6.45, 7) is 3.71. The fourth-order valence-corrected chi connectivity index (χ4v) is 3.86. The van der Waals surface area contributed by atoms with E-state index < -0.39 is 23.4 Å². The number of rotatable bonds is 3. The van der Waals surface area contributed by atoms with E-state index in [9.17, 15) is 30.0 Å². The Balaban J connectivity index is 2.28. The van der Waals surface area contributed by atoms with E-state index in [0.29, 0.717) is 21.5 Å². The fourth-order valence-electron chi connectivity index (χ4n) is 3.86. The predicted molar refractivity (Wildman–Crippen MR) is 114 cm³/mol. The Bertz CT molecular complexity index is 1280. The van der Waals surface area contributed by atoms with Crippen LogP contribution in [0.3, 0.4) is 0 Å². The molecule has 0 aliphatic rings. The zero-order chi connectivity index (χ0) is 21.7. The Morgan fingerprint density at radius 2 is 1.00 bits per heavy atom. The van der Waals surface area contributed by atoms with Crippen molar-refractivity contribution in [3.8, 4) is 22.6 Å². The molecule has 6 nitrogen and oxygen atoms in total. The average Bonchev–Trinajstić information content (AvgIpc) is 2.67. The van der Waals surface area contributed by atoms with E-state index in [4.69, 9.17) is 0 Å². The summed E-state index contributed by atoms with van der Waals surface area (Å²) in [5, 5.41) is 43.2. The summed E-state index contributed by atoms with van der Waals surface area (Å²) in [6, 6.07) is 13.3. The van der Waals surface area contributed by atoms with Crippen molar-refractivity contribution in [2.45, 2.75) is 13.8 Å². The zero-order valence-corrected chi connectivity index (χ0v) is 16.2. The Morgan fingerprint density at radius 1 is 0.633 bits per heavy atom. The quantitative estimate of drug-likeness (QED) is 0.380. The van der Waals surface area contributed by atoms with Crippen molar-refractivity contribution in [1.29, 1.82) is 0 Å². The molecule has 0 aromatic heterocycles. The molecular formula is C24H18O6. The number of fused-ring (bicyclic) bond motifs is 2. The first kappa shape index (κ1) is 19.3. The average molecular weight is 402 g/mol. The van der Waals surface area contributed by atoms with Gasteiger partial charge in [-0.2, -0.15) is 0 Å². The van der Waals surface area contributed by atoms with Crippen LogP contribution in [-0.2, 0) is 0 Å². The number of carbonyl (C=O) groups is 2. The molecule has 0 aliphatic carbocycles. The smallest absolute Gasteiger partial charge is 0.339 e. The van der Waals surface area contributed by atoms with Gasteiger partial charge in [-0.1, -0.05) is 47.5 Å². The van der Waals surface area contributed by atoms with Gasteiger partial charge in [0.2, 0.25) is 0 Å². The highest BCUT2D eigenvalue weighted by Crippen LogP contribution is 2.47. The molecule has 0 amide bonds. The highest BCUT2D eigenvalue weighted by Gasteiger charge is 2.25. The van der Waals surface area contributed by atoms with Crippen LogP contribution in [0.15, 0.2) is 48.5 Å². The molecule has 0 aliphatic heterocycles. The Kier molecular flexibility index (Phi) is 4.35. The summed E-state index contributed by atoms with van der Waals surface area (Å²) < 4.78 is 0. The number of carboxylic acid groups (broad SMARTS) is 2. The van der Waals surface area contributed by atoms with Gasteiger partial charge in [-0.05, 0) is 47.5 Å². The molecular weight excluding hydrogens is 384 g/mol. The van der Waals surface area contributed by atoms with Crippen LogP contribution >= 0.6 is 0 Å². The highest BCUT2D eigenvalue weighted by molar-refractivity contribution is 6.15. The second-order valence-corrected chi connectivity index (χ2v) is 7.35. The van der Waals surface area contributed by atoms with Gasteiger partial charge >= 0.3 is 11.9 Å². The summed E-state index contributed by atoms with van der Waals surface area (Å²) in [4.78, 5) is 23.6. The second-order valence-electron chi connectivity index (χ2n) is 7.35. The van der Waals surface area contributed by atoms with Crippen LogP contribution in [0.4, 0.5) is 0 Å². The van der Waals surface area contributed by atoms with Crippen LogP contribution in [0.5, 0.6) is 11.5 Å². The molecule has 150 valence electrons. The van der Waals surface area contributed by atoms with Gasteiger partial charge in [-0.15, -0.1) is 0 Å². The van der Waals surface area contributed by atoms with Crippen molar-refractivity contribution in [2.24, 2.45) is 0 Å². The lowest BCUT2D eigenvalue weighted by molar-refractivity contribution is 0.0682. The molecule has 0 saturated carbocycles. The van der Waals surface area contributed by atoms with Crippen molar-refractivity contribution in [3.63, 3.8) is 0 Å². The first-order valence-electron chi connectivity index (χ1n) is 9.18. The molecule has 6 heteroatoms. The Labute approximate surface area is 171 Å². The SMILES string of the molecule is Cc1ccc2c(-c3c(O)c(C(=O)O)cc4cc(C)ccc34)c(O)c(C(=O)O)cc2c1. The van der Waals surface area contributed by atoms with E-state index in [0.717, 1.165) is 11.1 Å². The summed E-state index contributed by atoms with van der Waals surface area (Å²) in [5.41, 5.74) is 1.28. The van der Waals surface area contributed by atoms with Gasteiger partial charge in [0, 0.05) is 11.1 Å². The topological polar surface area (TPSA) is 115 Å². The zero-order valence-electron chi connectivity index (χ0n) is 16.2. The van der Waals surface area contributed by atoms with Crippen LogP contribution in [-0.4, -0.2) is 32.4 Å². The standard InChI is InChI=1S/C24H18O6/c1-11-3-5-15-13(7-11)9-17(23(27)28)21(25)19(15)20-16-6-4-12(2)8-14(16)10-18(22(20)26)24(29)30/h3-10,25-26H,1-2H3,(H,27,28)(H,29,30). The second kappa shape index (κ2) is 6.77. The van der Waals surface area contributed by atoms with Crippen LogP contribution < -0.4 is 0 Å². The van der Waals surface area contributed by atoms with E-state index >= 15 is 0 Å². The third-order valence-electron chi connectivity index (χ3n) is 5.25. The third kappa shape index (κ3) is 2.90. The van der Waals surface area contributed by atoms with E-state index in [-0.39, 0.29) is 22.3 Å². The minimum Gasteiger partial charge on any atom is -0.506 e. The Hall–Kier alpha value is -4.06. The molecule has 0 heterocycles. The van der Waals surface area contributed by atoms with E-state index in [2.05, 4.69) is 0 Å². The molecule has 0 saturated heterocycles. The lowest BCUT2D eigenvalue weighted by Crippen LogP contribution is -2.02. The third-order valence-corrected chi connectivity index (χ3v) is 5.25. The monoisotopic (exact) mass is 402 g/mol. The van der Waals surface area contributed by atoms with E-state index in [1.807, 2.05) is 13.8 Å². The van der Waals surface area contributed by atoms with Crippen molar-refractivity contribution in [1.82, 2.24) is 0 Å². The number of benzene rings is 4. The summed E-state index contributed by atoms with van der Waals surface area (Å²) in [7, 11) is 0. The molecule has 4 rings (SSSR count).